The number of fused-ring (bicyclic) bond motifs is 1. The van der Waals surface area contributed by atoms with Crippen LogP contribution in [0, 0.1) is 16.7 Å². The Hall–Kier alpha value is -1.16. The molecule has 5 atom stereocenters. The lowest BCUT2D eigenvalue weighted by Crippen LogP contribution is -2.33. The monoisotopic (exact) mass is 429 g/mol. The molecule has 3 nitrogen and oxygen atoms in total. The van der Waals surface area contributed by atoms with Crippen molar-refractivity contribution < 1.29 is 19.4 Å². The van der Waals surface area contributed by atoms with Crippen LogP contribution in [-0.4, -0.2) is 33.1 Å². The maximum absolute atomic E-state index is 10.4. The van der Waals surface area contributed by atoms with E-state index < -0.39 is 24.7 Å². The summed E-state index contributed by atoms with van der Waals surface area (Å²) in [6, 6.07) is 0. The van der Waals surface area contributed by atoms with Crippen LogP contribution < -0.4 is 0 Å². The number of aliphatic hydroxyl groups excluding tert-OH is 2. The second-order valence-electron chi connectivity index (χ2n) is 11.2. The molecular formula is C28H42O3. The van der Waals surface area contributed by atoms with E-state index in [9.17, 15) is 15.3 Å². The van der Waals surface area contributed by atoms with E-state index in [4.69, 9.17) is 4.11 Å². The van der Waals surface area contributed by atoms with Crippen LogP contribution >= 0.6 is 0 Å². The molecule has 4 aliphatic rings. The molecule has 0 aliphatic heterocycles. The number of hydrogen-bond donors (Lipinski definition) is 3. The van der Waals surface area contributed by atoms with Gasteiger partial charge in [0.2, 0.25) is 0 Å². The number of rotatable bonds is 6. The van der Waals surface area contributed by atoms with Gasteiger partial charge in [-0.1, -0.05) is 42.9 Å². The fourth-order valence-electron chi connectivity index (χ4n) is 6.68. The topological polar surface area (TPSA) is 60.7 Å². The first-order valence-electron chi connectivity index (χ1n) is 13.7. The quantitative estimate of drug-likeness (QED) is 0.470. The molecule has 4 aliphatic carbocycles. The SMILES string of the molecule is [2H]C([2H])([2H])C(C)(O)CCCC1(C2=CCC3/C(=C/C=C4/CC(O)C[C@H](O)C4=C)CCC[C@]23C)CC1. The molecule has 4 rings (SSSR count). The van der Waals surface area contributed by atoms with E-state index in [1.807, 2.05) is 0 Å². The van der Waals surface area contributed by atoms with Gasteiger partial charge in [-0.05, 0) is 106 Å². The van der Waals surface area contributed by atoms with Gasteiger partial charge in [0.05, 0.1) is 17.8 Å². The first kappa shape index (κ1) is 19.3. The van der Waals surface area contributed by atoms with Crippen LogP contribution in [0.4, 0.5) is 0 Å². The third-order valence-electron chi connectivity index (χ3n) is 8.56. The first-order chi connectivity index (χ1) is 15.8. The van der Waals surface area contributed by atoms with Crippen molar-refractivity contribution in [1.29, 1.82) is 0 Å². The van der Waals surface area contributed by atoms with Crippen LogP contribution in [0.25, 0.3) is 0 Å². The van der Waals surface area contributed by atoms with Crippen molar-refractivity contribution in [2.75, 3.05) is 0 Å². The Bertz CT molecular complexity index is 906. The van der Waals surface area contributed by atoms with Gasteiger partial charge in [-0.3, -0.25) is 0 Å². The van der Waals surface area contributed by atoms with Crippen molar-refractivity contribution in [3.63, 3.8) is 0 Å². The van der Waals surface area contributed by atoms with E-state index >= 15 is 0 Å². The molecule has 3 heteroatoms. The van der Waals surface area contributed by atoms with Crippen LogP contribution in [0.5, 0.6) is 0 Å². The van der Waals surface area contributed by atoms with Gasteiger partial charge in [-0.25, -0.2) is 0 Å². The summed E-state index contributed by atoms with van der Waals surface area (Å²) in [6.07, 6.45) is 15.3. The van der Waals surface area contributed by atoms with Gasteiger partial charge in [0.1, 0.15) is 0 Å². The van der Waals surface area contributed by atoms with Crippen LogP contribution in [-0.2, 0) is 0 Å². The highest BCUT2D eigenvalue weighted by molar-refractivity contribution is 5.42. The molecule has 0 aromatic heterocycles. The highest BCUT2D eigenvalue weighted by atomic mass is 16.3. The predicted octanol–water partition coefficient (Wildman–Crippen LogP) is 5.77. The highest BCUT2D eigenvalue weighted by Gasteiger charge is 2.56. The van der Waals surface area contributed by atoms with E-state index in [1.165, 1.54) is 18.9 Å². The summed E-state index contributed by atoms with van der Waals surface area (Å²) in [7, 11) is 0. The summed E-state index contributed by atoms with van der Waals surface area (Å²) in [6.45, 7) is 5.56. The normalized spacial score (nSPS) is 41.2. The summed E-state index contributed by atoms with van der Waals surface area (Å²) in [5.74, 6) is 0.475. The van der Waals surface area contributed by atoms with Gasteiger partial charge in [0, 0.05) is 10.5 Å². The zero-order chi connectivity index (χ0) is 24.9. The van der Waals surface area contributed by atoms with Gasteiger partial charge < -0.3 is 15.3 Å². The number of hydrogen-bond acceptors (Lipinski definition) is 3. The molecule has 0 spiro atoms. The van der Waals surface area contributed by atoms with Crippen molar-refractivity contribution in [2.24, 2.45) is 16.7 Å². The van der Waals surface area contributed by atoms with Crippen molar-refractivity contribution in [2.45, 2.75) is 109 Å². The minimum Gasteiger partial charge on any atom is -0.393 e. The molecule has 172 valence electrons. The van der Waals surface area contributed by atoms with E-state index in [0.717, 1.165) is 56.1 Å². The second-order valence-corrected chi connectivity index (χ2v) is 11.2. The minimum absolute atomic E-state index is 0.133. The molecule has 0 saturated heterocycles. The van der Waals surface area contributed by atoms with Crippen molar-refractivity contribution >= 4 is 0 Å². The van der Waals surface area contributed by atoms with Crippen LogP contribution in [0.3, 0.4) is 0 Å². The Morgan fingerprint density at radius 1 is 1.29 bits per heavy atom. The zero-order valence-corrected chi connectivity index (χ0v) is 19.3. The van der Waals surface area contributed by atoms with Gasteiger partial charge in [0.25, 0.3) is 0 Å². The fourth-order valence-corrected chi connectivity index (χ4v) is 6.68. The van der Waals surface area contributed by atoms with Gasteiger partial charge in [0.15, 0.2) is 0 Å². The second kappa shape index (κ2) is 8.32. The molecule has 0 radical (unpaired) electrons. The third kappa shape index (κ3) is 4.65. The van der Waals surface area contributed by atoms with Crippen LogP contribution in [0.15, 0.2) is 47.1 Å². The molecule has 0 bridgehead atoms. The van der Waals surface area contributed by atoms with Crippen LogP contribution in [0.2, 0.25) is 0 Å². The molecule has 0 amide bonds. The Kier molecular flexibility index (Phi) is 5.18. The van der Waals surface area contributed by atoms with E-state index in [2.05, 4.69) is 31.7 Å². The minimum atomic E-state index is -2.35. The molecular weight excluding hydrogens is 384 g/mol. The lowest BCUT2D eigenvalue weighted by Gasteiger charge is -2.43. The summed E-state index contributed by atoms with van der Waals surface area (Å²) in [4.78, 5) is 0. The average molecular weight is 430 g/mol. The smallest absolute Gasteiger partial charge is 0.0811 e. The molecule has 0 heterocycles. The van der Waals surface area contributed by atoms with Crippen LogP contribution in [0.1, 0.15) is 95.4 Å². The Balaban J connectivity index is 1.47. The Morgan fingerprint density at radius 3 is 2.77 bits per heavy atom. The largest absolute Gasteiger partial charge is 0.393 e. The molecule has 3 unspecified atom stereocenters. The third-order valence-corrected chi connectivity index (χ3v) is 8.56. The van der Waals surface area contributed by atoms with E-state index in [-0.39, 0.29) is 10.8 Å². The van der Waals surface area contributed by atoms with Gasteiger partial charge in [-0.15, -0.1) is 0 Å². The van der Waals surface area contributed by atoms with E-state index in [0.29, 0.717) is 25.2 Å². The molecule has 31 heavy (non-hydrogen) atoms. The Morgan fingerprint density at radius 2 is 2.06 bits per heavy atom. The maximum atomic E-state index is 10.4. The molecule has 3 fully saturated rings. The molecule has 3 N–H and O–H groups in total. The molecule has 0 aromatic rings. The fraction of sp³-hybridized carbons (Fsp3) is 0.714. The summed E-state index contributed by atoms with van der Waals surface area (Å²) in [5.41, 5.74) is 3.40. The number of allylic oxidation sites excluding steroid dienone is 5. The Labute approximate surface area is 192 Å². The highest BCUT2D eigenvalue weighted by Crippen LogP contribution is 2.67. The van der Waals surface area contributed by atoms with Gasteiger partial charge in [-0.2, -0.15) is 0 Å². The summed E-state index contributed by atoms with van der Waals surface area (Å²) >= 11 is 0. The first-order valence-corrected chi connectivity index (χ1v) is 12.2. The zero-order valence-electron chi connectivity index (χ0n) is 22.3. The maximum Gasteiger partial charge on any atom is 0.0811 e. The van der Waals surface area contributed by atoms with Crippen molar-refractivity contribution in [3.05, 3.63) is 47.1 Å². The van der Waals surface area contributed by atoms with Crippen molar-refractivity contribution in [3.8, 4) is 0 Å². The summed E-state index contributed by atoms with van der Waals surface area (Å²) < 4.78 is 22.8. The predicted molar refractivity (Wildman–Crippen MR) is 127 cm³/mol. The number of aliphatic hydroxyl groups is 3. The van der Waals surface area contributed by atoms with E-state index in [1.54, 1.807) is 5.57 Å². The summed E-state index contributed by atoms with van der Waals surface area (Å²) in [5, 5.41) is 30.6. The van der Waals surface area contributed by atoms with Crippen molar-refractivity contribution in [1.82, 2.24) is 0 Å². The standard InChI is InChI=1S/C28H42O3/c1-19-21(17-22(29)18-24(19)30)9-8-20-7-5-13-27(4)23(20)10-11-25(27)28(15-16-28)14-6-12-26(2,3)31/h8-9,11,22-24,29-31H,1,5-7,10,12-18H2,2-4H3/b20-8+,21-9-/t22?,23?,24-,27-/m0/s1/i2D3/t22?,23?,24-,26?,27-. The van der Waals surface area contributed by atoms with Gasteiger partial charge >= 0.3 is 0 Å². The molecule has 3 saturated carbocycles. The lowest BCUT2D eigenvalue weighted by atomic mass is 9.61. The lowest BCUT2D eigenvalue weighted by molar-refractivity contribution is 0.0663. The molecule has 0 aromatic carbocycles. The average Bonchev–Trinajstić information content (AvgIpc) is 3.41.